The number of piperidine rings is 1. The fraction of sp³-hybridized carbons (Fsp3) is 0.412. The predicted molar refractivity (Wildman–Crippen MR) is 88.0 cm³/mol. The molecule has 1 aliphatic heterocycles. The second kappa shape index (κ2) is 6.73. The van der Waals surface area contributed by atoms with Gasteiger partial charge in [-0.25, -0.2) is 0 Å². The van der Waals surface area contributed by atoms with Crippen molar-refractivity contribution in [3.8, 4) is 5.75 Å². The molecule has 1 aromatic carbocycles. The van der Waals surface area contributed by atoms with Gasteiger partial charge in [0.15, 0.2) is 0 Å². The number of hydrogen-bond donors (Lipinski definition) is 1. The highest BCUT2D eigenvalue weighted by Crippen LogP contribution is 2.19. The van der Waals surface area contributed by atoms with E-state index in [4.69, 9.17) is 10.5 Å². The smallest absolute Gasteiger partial charge is 0.244 e. The molecule has 1 fully saturated rings. The number of nitrogen functional groups attached to an aromatic ring is 1. The molecule has 1 amide bonds. The minimum Gasteiger partial charge on any atom is -0.489 e. The van der Waals surface area contributed by atoms with Gasteiger partial charge in [-0.05, 0) is 31.9 Å². The van der Waals surface area contributed by atoms with E-state index in [1.165, 1.54) is 5.56 Å². The average Bonchev–Trinajstić information content (AvgIpc) is 2.95. The predicted octanol–water partition coefficient (Wildman–Crippen LogP) is 1.84. The van der Waals surface area contributed by atoms with E-state index in [2.05, 4.69) is 5.10 Å². The summed E-state index contributed by atoms with van der Waals surface area (Å²) in [7, 11) is 0. The Bertz CT molecular complexity index is 665. The fourth-order valence-corrected chi connectivity index (χ4v) is 2.77. The first kappa shape index (κ1) is 15.4. The van der Waals surface area contributed by atoms with Gasteiger partial charge in [0.25, 0.3) is 0 Å². The van der Waals surface area contributed by atoms with Gasteiger partial charge in [0, 0.05) is 12.7 Å². The minimum absolute atomic E-state index is 0.0399. The first-order valence-corrected chi connectivity index (χ1v) is 7.89. The number of hydrogen-bond acceptors (Lipinski definition) is 4. The van der Waals surface area contributed by atoms with Crippen LogP contribution in [0.2, 0.25) is 0 Å². The first-order chi connectivity index (χ1) is 11.1. The molecule has 2 heterocycles. The third-order valence-corrected chi connectivity index (χ3v) is 4.01. The Kier molecular flexibility index (Phi) is 4.50. The number of nitrogens with zero attached hydrogens (tertiary/aromatic N) is 3. The molecule has 23 heavy (non-hydrogen) atoms. The van der Waals surface area contributed by atoms with Crippen LogP contribution in [-0.2, 0) is 11.3 Å². The molecule has 2 N–H and O–H groups in total. The Balaban J connectivity index is 1.57. The molecule has 1 unspecified atom stereocenters. The highest BCUT2D eigenvalue weighted by molar-refractivity contribution is 5.76. The molecule has 0 radical (unpaired) electrons. The zero-order valence-corrected chi connectivity index (χ0v) is 13.3. The van der Waals surface area contributed by atoms with Crippen LogP contribution in [0.15, 0.2) is 36.7 Å². The van der Waals surface area contributed by atoms with Crippen molar-refractivity contribution < 1.29 is 9.53 Å². The van der Waals surface area contributed by atoms with Crippen LogP contribution in [-0.4, -0.2) is 39.8 Å². The summed E-state index contributed by atoms with van der Waals surface area (Å²) in [5.41, 5.74) is 7.39. The Labute approximate surface area is 135 Å². The van der Waals surface area contributed by atoms with Crippen LogP contribution in [0.3, 0.4) is 0 Å². The van der Waals surface area contributed by atoms with Crippen LogP contribution in [0.25, 0.3) is 0 Å². The lowest BCUT2D eigenvalue weighted by molar-refractivity contribution is -0.134. The van der Waals surface area contributed by atoms with Crippen LogP contribution in [0, 0.1) is 6.92 Å². The van der Waals surface area contributed by atoms with Crippen molar-refractivity contribution in [2.75, 3.05) is 18.8 Å². The summed E-state index contributed by atoms with van der Waals surface area (Å²) in [6.45, 7) is 3.65. The average molecular weight is 314 g/mol. The van der Waals surface area contributed by atoms with Crippen molar-refractivity contribution in [3.05, 3.63) is 42.2 Å². The number of anilines is 1. The Morgan fingerprint density at radius 3 is 2.87 bits per heavy atom. The summed E-state index contributed by atoms with van der Waals surface area (Å²) in [6.07, 6.45) is 5.17. The molecule has 0 aliphatic carbocycles. The molecular formula is C17H22N4O2. The number of rotatable bonds is 4. The van der Waals surface area contributed by atoms with Crippen molar-refractivity contribution in [1.29, 1.82) is 0 Å². The molecule has 0 bridgehead atoms. The highest BCUT2D eigenvalue weighted by atomic mass is 16.5. The van der Waals surface area contributed by atoms with Gasteiger partial charge in [0.1, 0.15) is 18.4 Å². The van der Waals surface area contributed by atoms with Crippen molar-refractivity contribution in [1.82, 2.24) is 14.7 Å². The number of aryl methyl sites for hydroxylation is 1. The number of carbonyl (C=O) groups excluding carboxylic acids is 1. The number of nitrogens with two attached hydrogens (primary N) is 1. The lowest BCUT2D eigenvalue weighted by Crippen LogP contribution is -2.45. The van der Waals surface area contributed by atoms with Crippen molar-refractivity contribution in [3.63, 3.8) is 0 Å². The van der Waals surface area contributed by atoms with E-state index < -0.39 is 0 Å². The second-order valence-electron chi connectivity index (χ2n) is 6.01. The van der Waals surface area contributed by atoms with Crippen LogP contribution >= 0.6 is 0 Å². The summed E-state index contributed by atoms with van der Waals surface area (Å²) in [5.74, 6) is 0.903. The lowest BCUT2D eigenvalue weighted by Gasteiger charge is -2.33. The van der Waals surface area contributed by atoms with Crippen molar-refractivity contribution >= 4 is 11.6 Å². The molecule has 122 valence electrons. The zero-order chi connectivity index (χ0) is 16.2. The SMILES string of the molecule is Cc1ccc(OC2CCCN(C(=O)Cn3cc(N)cn3)C2)cc1. The normalized spacial score (nSPS) is 18.0. The molecular weight excluding hydrogens is 292 g/mol. The standard InChI is InChI=1S/C17H22N4O2/c1-13-4-6-15(7-5-13)23-16-3-2-8-20(11-16)17(22)12-21-10-14(18)9-19-21/h4-7,9-10,16H,2-3,8,11-12,18H2,1H3. The zero-order valence-electron chi connectivity index (χ0n) is 13.3. The summed E-state index contributed by atoms with van der Waals surface area (Å²) in [6, 6.07) is 8.01. The number of likely N-dealkylation sites (tertiary alicyclic amines) is 1. The van der Waals surface area contributed by atoms with Gasteiger partial charge < -0.3 is 15.4 Å². The molecule has 6 nitrogen and oxygen atoms in total. The summed E-state index contributed by atoms with van der Waals surface area (Å²) < 4.78 is 7.58. The second-order valence-corrected chi connectivity index (χ2v) is 6.01. The van der Waals surface area contributed by atoms with Crippen LogP contribution in [0.5, 0.6) is 5.75 Å². The molecule has 1 saturated heterocycles. The summed E-state index contributed by atoms with van der Waals surface area (Å²) >= 11 is 0. The van der Waals surface area contributed by atoms with E-state index >= 15 is 0 Å². The minimum atomic E-state index is 0.0399. The maximum atomic E-state index is 12.4. The summed E-state index contributed by atoms with van der Waals surface area (Å²) in [4.78, 5) is 14.2. The Morgan fingerprint density at radius 2 is 2.17 bits per heavy atom. The van der Waals surface area contributed by atoms with E-state index in [1.807, 2.05) is 36.1 Å². The molecule has 6 heteroatoms. The van der Waals surface area contributed by atoms with Gasteiger partial charge in [0.2, 0.25) is 5.91 Å². The van der Waals surface area contributed by atoms with E-state index in [-0.39, 0.29) is 18.6 Å². The molecule has 0 saturated carbocycles. The van der Waals surface area contributed by atoms with Gasteiger partial charge in [0.05, 0.1) is 18.4 Å². The van der Waals surface area contributed by atoms with Gasteiger partial charge in [-0.15, -0.1) is 0 Å². The quantitative estimate of drug-likeness (QED) is 0.934. The van der Waals surface area contributed by atoms with Crippen LogP contribution in [0.4, 0.5) is 5.69 Å². The summed E-state index contributed by atoms with van der Waals surface area (Å²) in [5, 5.41) is 4.06. The van der Waals surface area contributed by atoms with Crippen molar-refractivity contribution in [2.24, 2.45) is 0 Å². The van der Waals surface area contributed by atoms with E-state index in [0.717, 1.165) is 25.1 Å². The van der Waals surface area contributed by atoms with Gasteiger partial charge in [-0.1, -0.05) is 17.7 Å². The number of benzene rings is 1. The number of carbonyl (C=O) groups is 1. The maximum Gasteiger partial charge on any atom is 0.244 e. The molecule has 1 aliphatic rings. The maximum absolute atomic E-state index is 12.4. The van der Waals surface area contributed by atoms with E-state index in [9.17, 15) is 4.79 Å². The van der Waals surface area contributed by atoms with Crippen molar-refractivity contribution in [2.45, 2.75) is 32.4 Å². The monoisotopic (exact) mass is 314 g/mol. The molecule has 3 rings (SSSR count). The highest BCUT2D eigenvalue weighted by Gasteiger charge is 2.25. The topological polar surface area (TPSA) is 73.4 Å². The number of aromatic nitrogens is 2. The Morgan fingerprint density at radius 1 is 1.39 bits per heavy atom. The van der Waals surface area contributed by atoms with Crippen LogP contribution < -0.4 is 10.5 Å². The van der Waals surface area contributed by atoms with Gasteiger partial charge in [-0.3, -0.25) is 9.48 Å². The van der Waals surface area contributed by atoms with E-state index in [1.54, 1.807) is 17.1 Å². The Hall–Kier alpha value is -2.50. The lowest BCUT2D eigenvalue weighted by atomic mass is 10.1. The van der Waals surface area contributed by atoms with E-state index in [0.29, 0.717) is 12.2 Å². The number of amides is 1. The first-order valence-electron chi connectivity index (χ1n) is 7.89. The van der Waals surface area contributed by atoms with Crippen LogP contribution in [0.1, 0.15) is 18.4 Å². The van der Waals surface area contributed by atoms with Gasteiger partial charge >= 0.3 is 0 Å². The third-order valence-electron chi connectivity index (χ3n) is 4.01. The van der Waals surface area contributed by atoms with Gasteiger partial charge in [-0.2, -0.15) is 5.10 Å². The molecule has 0 spiro atoms. The third kappa shape index (κ3) is 4.03. The molecule has 2 aromatic rings. The number of ether oxygens (including phenoxy) is 1. The largest absolute Gasteiger partial charge is 0.489 e. The fourth-order valence-electron chi connectivity index (χ4n) is 2.77. The molecule has 1 aromatic heterocycles. The molecule has 1 atom stereocenters.